The Labute approximate surface area is 183 Å². The molecule has 0 bridgehead atoms. The van der Waals surface area contributed by atoms with Crippen LogP contribution in [0.2, 0.25) is 5.02 Å². The lowest BCUT2D eigenvalue weighted by Crippen LogP contribution is -2.61. The Bertz CT molecular complexity index is 883. The summed E-state index contributed by atoms with van der Waals surface area (Å²) >= 11 is 6.03. The molecule has 2 aromatic carbocycles. The fourth-order valence-electron chi connectivity index (χ4n) is 5.33. The molecule has 3 heterocycles. The number of rotatable bonds is 4. The molecule has 1 spiro atoms. The van der Waals surface area contributed by atoms with Crippen LogP contribution in [0.3, 0.4) is 0 Å². The molecular weight excluding hydrogens is 398 g/mol. The Hall–Kier alpha value is -1.92. The van der Waals surface area contributed by atoms with Gasteiger partial charge >= 0.3 is 0 Å². The number of hydrogen-bond acceptors (Lipinski definition) is 4. The minimum atomic E-state index is -0.206. The smallest absolute Gasteiger partial charge is 0.243 e. The van der Waals surface area contributed by atoms with E-state index < -0.39 is 0 Å². The van der Waals surface area contributed by atoms with Crippen molar-refractivity contribution >= 4 is 17.5 Å². The van der Waals surface area contributed by atoms with Crippen molar-refractivity contribution in [3.05, 3.63) is 70.7 Å². The molecule has 5 rings (SSSR count). The zero-order valence-electron chi connectivity index (χ0n) is 17.2. The van der Waals surface area contributed by atoms with E-state index in [1.54, 1.807) is 0 Å². The first-order chi connectivity index (χ1) is 14.7. The Balaban J connectivity index is 1.38. The van der Waals surface area contributed by atoms with Crippen LogP contribution in [0.4, 0.5) is 0 Å². The summed E-state index contributed by atoms with van der Waals surface area (Å²) in [6, 6.07) is 18.3. The third-order valence-corrected chi connectivity index (χ3v) is 7.10. The maximum absolute atomic E-state index is 13.7. The molecule has 0 radical (unpaired) electrons. The number of piperazine rings is 1. The van der Waals surface area contributed by atoms with Gasteiger partial charge < -0.3 is 9.64 Å². The van der Waals surface area contributed by atoms with E-state index in [1.165, 1.54) is 11.1 Å². The van der Waals surface area contributed by atoms with E-state index in [4.69, 9.17) is 16.3 Å². The van der Waals surface area contributed by atoms with E-state index in [0.29, 0.717) is 6.54 Å². The summed E-state index contributed by atoms with van der Waals surface area (Å²) in [7, 11) is 0. The molecule has 158 valence electrons. The Morgan fingerprint density at radius 2 is 1.63 bits per heavy atom. The zero-order valence-corrected chi connectivity index (χ0v) is 17.9. The number of carbonyl (C=O) groups excluding carboxylic acids is 1. The van der Waals surface area contributed by atoms with E-state index >= 15 is 0 Å². The number of benzene rings is 2. The Morgan fingerprint density at radius 3 is 2.37 bits per heavy atom. The largest absolute Gasteiger partial charge is 0.381 e. The summed E-state index contributed by atoms with van der Waals surface area (Å²) < 4.78 is 5.69. The highest BCUT2D eigenvalue weighted by molar-refractivity contribution is 6.30. The number of halogens is 1. The summed E-state index contributed by atoms with van der Waals surface area (Å²) in [6.45, 7) is 5.61. The summed E-state index contributed by atoms with van der Waals surface area (Å²) in [5.41, 5.74) is 2.22. The molecule has 0 unspecified atom stereocenters. The van der Waals surface area contributed by atoms with Crippen LogP contribution in [-0.4, -0.2) is 65.2 Å². The molecule has 30 heavy (non-hydrogen) atoms. The van der Waals surface area contributed by atoms with Gasteiger partial charge in [-0.3, -0.25) is 14.6 Å². The second-order valence-electron chi connectivity index (χ2n) is 8.58. The molecule has 3 fully saturated rings. The van der Waals surface area contributed by atoms with Crippen molar-refractivity contribution in [1.29, 1.82) is 0 Å². The third kappa shape index (κ3) is 3.65. The van der Waals surface area contributed by atoms with Crippen LogP contribution in [0.15, 0.2) is 54.6 Å². The predicted octanol–water partition coefficient (Wildman–Crippen LogP) is 3.38. The molecule has 6 heteroatoms. The summed E-state index contributed by atoms with van der Waals surface area (Å²) in [6.07, 6.45) is 1.78. The number of amides is 1. The molecule has 0 aromatic heterocycles. The van der Waals surface area contributed by atoms with Gasteiger partial charge in [0.2, 0.25) is 5.91 Å². The topological polar surface area (TPSA) is 36.0 Å². The van der Waals surface area contributed by atoms with Crippen molar-refractivity contribution in [1.82, 2.24) is 14.7 Å². The molecule has 0 saturated carbocycles. The van der Waals surface area contributed by atoms with Gasteiger partial charge in [-0.05, 0) is 23.3 Å². The quantitative estimate of drug-likeness (QED) is 0.752. The summed E-state index contributed by atoms with van der Waals surface area (Å²) in [4.78, 5) is 20.7. The molecule has 0 N–H and O–H groups in total. The minimum Gasteiger partial charge on any atom is -0.381 e. The lowest BCUT2D eigenvalue weighted by Gasteiger charge is -2.49. The number of ether oxygens (including phenoxy) is 1. The average molecular weight is 426 g/mol. The molecule has 1 amide bonds. The number of fused-ring (bicyclic) bond motifs is 2. The van der Waals surface area contributed by atoms with Crippen LogP contribution in [0.5, 0.6) is 0 Å². The molecular formula is C24H28ClN3O2. The average Bonchev–Trinajstić information content (AvgIpc) is 2.99. The monoisotopic (exact) mass is 425 g/mol. The maximum atomic E-state index is 13.7. The van der Waals surface area contributed by atoms with Gasteiger partial charge in [-0.25, -0.2) is 0 Å². The van der Waals surface area contributed by atoms with Gasteiger partial charge in [-0.15, -0.1) is 0 Å². The van der Waals surface area contributed by atoms with Crippen LogP contribution >= 0.6 is 11.6 Å². The van der Waals surface area contributed by atoms with Crippen molar-refractivity contribution in [3.8, 4) is 0 Å². The molecule has 5 nitrogen and oxygen atoms in total. The summed E-state index contributed by atoms with van der Waals surface area (Å²) in [5.74, 6) is 0.265. The number of carbonyl (C=O) groups is 1. The molecule has 0 aliphatic carbocycles. The highest BCUT2D eigenvalue weighted by Gasteiger charge is 2.57. The minimum absolute atomic E-state index is 0.0761. The normalized spacial score (nSPS) is 24.4. The van der Waals surface area contributed by atoms with E-state index in [1.807, 2.05) is 30.3 Å². The number of hydrogen-bond donors (Lipinski definition) is 0. The van der Waals surface area contributed by atoms with Crippen molar-refractivity contribution < 1.29 is 9.53 Å². The van der Waals surface area contributed by atoms with Crippen molar-refractivity contribution in [3.63, 3.8) is 0 Å². The number of nitrogens with zero attached hydrogens (tertiary/aromatic N) is 3. The second kappa shape index (κ2) is 8.31. The van der Waals surface area contributed by atoms with Crippen LogP contribution in [0, 0.1) is 0 Å². The molecule has 3 aliphatic rings. The van der Waals surface area contributed by atoms with E-state index in [9.17, 15) is 4.79 Å². The van der Waals surface area contributed by atoms with E-state index in [-0.39, 0.29) is 17.6 Å². The first-order valence-corrected chi connectivity index (χ1v) is 11.2. The fourth-order valence-corrected chi connectivity index (χ4v) is 5.45. The zero-order chi connectivity index (χ0) is 20.6. The molecule has 1 atom stereocenters. The van der Waals surface area contributed by atoms with Crippen molar-refractivity contribution in [2.45, 2.75) is 37.6 Å². The highest BCUT2D eigenvalue weighted by Crippen LogP contribution is 2.42. The van der Waals surface area contributed by atoms with Crippen LogP contribution in [0.25, 0.3) is 0 Å². The van der Waals surface area contributed by atoms with Gasteiger partial charge in [0.05, 0.1) is 13.2 Å². The molecule has 3 aliphatic heterocycles. The fraction of sp³-hybridized carbons (Fsp3) is 0.458. The maximum Gasteiger partial charge on any atom is 0.243 e. The van der Waals surface area contributed by atoms with Crippen LogP contribution in [-0.2, 0) is 22.6 Å². The highest BCUT2D eigenvalue weighted by atomic mass is 35.5. The molecule has 3 saturated heterocycles. The molecule has 2 aromatic rings. The van der Waals surface area contributed by atoms with Gasteiger partial charge in [-0.2, -0.15) is 0 Å². The predicted molar refractivity (Wildman–Crippen MR) is 117 cm³/mol. The lowest BCUT2D eigenvalue weighted by molar-refractivity contribution is -0.137. The van der Waals surface area contributed by atoms with E-state index in [0.717, 1.165) is 57.3 Å². The SMILES string of the molecule is O=C1[C@H]2CN(Cc3ccc(Cl)cc3)CCN2C2(CCOCC2)N1Cc1ccccc1. The third-order valence-electron chi connectivity index (χ3n) is 6.85. The summed E-state index contributed by atoms with van der Waals surface area (Å²) in [5, 5.41) is 0.757. The first-order valence-electron chi connectivity index (χ1n) is 10.8. The first kappa shape index (κ1) is 20.0. The van der Waals surface area contributed by atoms with Crippen LogP contribution in [0.1, 0.15) is 24.0 Å². The van der Waals surface area contributed by atoms with Gasteiger partial charge in [0.15, 0.2) is 0 Å². The van der Waals surface area contributed by atoms with Crippen molar-refractivity contribution in [2.75, 3.05) is 32.8 Å². The second-order valence-corrected chi connectivity index (χ2v) is 9.01. The van der Waals surface area contributed by atoms with Gasteiger partial charge in [0.1, 0.15) is 11.7 Å². The standard InChI is InChI=1S/C24H28ClN3O2/c25-21-8-6-20(7-9-21)16-26-12-13-27-22(18-26)23(29)28(17-19-4-2-1-3-5-19)24(27)10-14-30-15-11-24/h1-9,22H,10-18H2/t22-/m1/s1. The van der Waals surface area contributed by atoms with Gasteiger partial charge in [0, 0.05) is 50.6 Å². The Morgan fingerprint density at radius 1 is 0.933 bits per heavy atom. The lowest BCUT2D eigenvalue weighted by atomic mass is 9.96. The van der Waals surface area contributed by atoms with E-state index in [2.05, 4.69) is 39.0 Å². The van der Waals surface area contributed by atoms with Crippen LogP contribution < -0.4 is 0 Å². The Kier molecular flexibility index (Phi) is 5.54. The van der Waals surface area contributed by atoms with Gasteiger partial charge in [0.25, 0.3) is 0 Å². The van der Waals surface area contributed by atoms with Gasteiger partial charge in [-0.1, -0.05) is 54.1 Å². The van der Waals surface area contributed by atoms with Crippen molar-refractivity contribution in [2.24, 2.45) is 0 Å².